The molecule has 0 unspecified atom stereocenters. The number of pyridine rings is 1. The molecule has 0 spiro atoms. The molecule has 0 radical (unpaired) electrons. The van der Waals surface area contributed by atoms with Gasteiger partial charge in [0.15, 0.2) is 5.65 Å². The molecular weight excluding hydrogens is 344 g/mol. The van der Waals surface area contributed by atoms with Crippen LogP contribution in [0.15, 0.2) is 42.6 Å². The maximum atomic E-state index is 13.5. The molecule has 2 aromatic heterocycles. The van der Waals surface area contributed by atoms with Gasteiger partial charge in [0, 0.05) is 37.2 Å². The number of nitrogens with zero attached hydrogens (tertiary/aromatic N) is 3. The molecule has 0 aliphatic carbocycles. The first-order valence-electron chi connectivity index (χ1n) is 7.83. The fraction of sp³-hybridized carbons (Fsp3) is 0.176. The first-order chi connectivity index (χ1) is 12.5. The van der Waals surface area contributed by atoms with E-state index in [1.807, 2.05) is 0 Å². The van der Waals surface area contributed by atoms with E-state index in [-0.39, 0.29) is 30.9 Å². The highest BCUT2D eigenvalue weighted by molar-refractivity contribution is 5.92. The molecule has 2 amide bonds. The van der Waals surface area contributed by atoms with Gasteiger partial charge >= 0.3 is 0 Å². The molecule has 0 atom stereocenters. The highest BCUT2D eigenvalue weighted by Gasteiger charge is 2.11. The van der Waals surface area contributed by atoms with Gasteiger partial charge in [-0.1, -0.05) is 12.1 Å². The van der Waals surface area contributed by atoms with E-state index in [2.05, 4.69) is 20.8 Å². The largest absolute Gasteiger partial charge is 0.352 e. The lowest BCUT2D eigenvalue weighted by atomic mass is 10.2. The number of hydrogen-bond acceptors (Lipinski definition) is 4. The third kappa shape index (κ3) is 4.18. The number of anilines is 1. The molecular formula is C17H15F2N5O2. The third-order valence-electron chi connectivity index (χ3n) is 3.64. The maximum Gasteiger partial charge on any atom is 0.235 e. The number of amides is 2. The second kappa shape index (κ2) is 7.68. The summed E-state index contributed by atoms with van der Waals surface area (Å²) in [6.45, 7) is -0.0820. The Hall–Kier alpha value is -3.36. The van der Waals surface area contributed by atoms with Crippen LogP contribution in [0.2, 0.25) is 0 Å². The number of fused-ring (bicyclic) bond motifs is 1. The van der Waals surface area contributed by atoms with Gasteiger partial charge in [0.05, 0.1) is 0 Å². The third-order valence-corrected chi connectivity index (χ3v) is 3.64. The van der Waals surface area contributed by atoms with E-state index in [1.165, 1.54) is 6.07 Å². The Morgan fingerprint density at radius 3 is 2.65 bits per heavy atom. The zero-order chi connectivity index (χ0) is 18.5. The van der Waals surface area contributed by atoms with Crippen LogP contribution >= 0.6 is 0 Å². The van der Waals surface area contributed by atoms with Crippen molar-refractivity contribution in [1.82, 2.24) is 19.9 Å². The van der Waals surface area contributed by atoms with Crippen molar-refractivity contribution in [3.8, 4) is 0 Å². The number of benzene rings is 1. The second-order valence-corrected chi connectivity index (χ2v) is 5.51. The maximum absolute atomic E-state index is 13.5. The van der Waals surface area contributed by atoms with Crippen molar-refractivity contribution >= 4 is 23.4 Å². The van der Waals surface area contributed by atoms with E-state index < -0.39 is 23.4 Å². The van der Waals surface area contributed by atoms with Gasteiger partial charge in [0.25, 0.3) is 0 Å². The molecule has 2 N–H and O–H groups in total. The number of aromatic nitrogens is 3. The molecule has 26 heavy (non-hydrogen) atoms. The minimum atomic E-state index is -0.735. The molecule has 7 nitrogen and oxygen atoms in total. The van der Waals surface area contributed by atoms with E-state index in [0.29, 0.717) is 5.65 Å². The number of halogens is 2. The van der Waals surface area contributed by atoms with Crippen LogP contribution in [0.25, 0.3) is 5.65 Å². The van der Waals surface area contributed by atoms with Gasteiger partial charge in [0.2, 0.25) is 17.8 Å². The molecule has 0 bridgehead atoms. The molecule has 0 fully saturated rings. The molecule has 3 aromatic rings. The number of carbonyl (C=O) groups excluding carboxylic acids is 2. The van der Waals surface area contributed by atoms with E-state index >= 15 is 0 Å². The van der Waals surface area contributed by atoms with Crippen molar-refractivity contribution in [2.24, 2.45) is 0 Å². The summed E-state index contributed by atoms with van der Waals surface area (Å²) >= 11 is 0. The molecule has 0 saturated heterocycles. The van der Waals surface area contributed by atoms with E-state index in [1.54, 1.807) is 28.8 Å². The minimum Gasteiger partial charge on any atom is -0.352 e. The van der Waals surface area contributed by atoms with Crippen LogP contribution in [0.5, 0.6) is 0 Å². The summed E-state index contributed by atoms with van der Waals surface area (Å²) in [5.74, 6) is -1.97. The lowest BCUT2D eigenvalue weighted by Crippen LogP contribution is -2.25. The summed E-state index contributed by atoms with van der Waals surface area (Å²) in [5.41, 5.74) is 0.751. The molecule has 3 rings (SSSR count). The molecule has 134 valence electrons. The highest BCUT2D eigenvalue weighted by atomic mass is 19.1. The average Bonchev–Trinajstić information content (AvgIpc) is 3.02. The molecule has 2 heterocycles. The van der Waals surface area contributed by atoms with Crippen molar-refractivity contribution in [3.63, 3.8) is 0 Å². The van der Waals surface area contributed by atoms with Crippen LogP contribution in [-0.4, -0.2) is 26.4 Å². The summed E-state index contributed by atoms with van der Waals surface area (Å²) in [6.07, 6.45) is 1.56. The topological polar surface area (TPSA) is 88.4 Å². The molecule has 1 aromatic carbocycles. The van der Waals surface area contributed by atoms with Crippen LogP contribution in [0.1, 0.15) is 18.4 Å². The summed E-state index contributed by atoms with van der Waals surface area (Å²) in [4.78, 5) is 23.7. The van der Waals surface area contributed by atoms with Gasteiger partial charge in [0.1, 0.15) is 11.6 Å². The van der Waals surface area contributed by atoms with Crippen molar-refractivity contribution in [3.05, 3.63) is 59.8 Å². The monoisotopic (exact) mass is 359 g/mol. The zero-order valence-corrected chi connectivity index (χ0v) is 13.6. The molecule has 0 aliphatic rings. The Morgan fingerprint density at radius 2 is 1.85 bits per heavy atom. The van der Waals surface area contributed by atoms with E-state index in [4.69, 9.17) is 0 Å². The first-order valence-corrected chi connectivity index (χ1v) is 7.83. The van der Waals surface area contributed by atoms with Crippen LogP contribution in [0.4, 0.5) is 14.7 Å². The average molecular weight is 359 g/mol. The van der Waals surface area contributed by atoms with Gasteiger partial charge in [-0.15, -0.1) is 10.2 Å². The predicted molar refractivity (Wildman–Crippen MR) is 89.1 cm³/mol. The van der Waals surface area contributed by atoms with Crippen molar-refractivity contribution in [1.29, 1.82) is 0 Å². The Balaban J connectivity index is 1.47. The standard InChI is InChI=1S/C17H15F2N5O2/c18-12-5-4-11(13(19)9-12)10-20-15(25)6-7-16(26)21-17-23-22-14-3-1-2-8-24(14)17/h1-5,8-9H,6-7,10H2,(H,20,25)(H,21,23,26). The number of rotatable bonds is 6. The fourth-order valence-corrected chi connectivity index (χ4v) is 2.29. The van der Waals surface area contributed by atoms with Crippen LogP contribution in [0.3, 0.4) is 0 Å². The van der Waals surface area contributed by atoms with Crippen molar-refractivity contribution in [2.45, 2.75) is 19.4 Å². The van der Waals surface area contributed by atoms with Crippen LogP contribution < -0.4 is 10.6 Å². The Kier molecular flexibility index (Phi) is 5.16. The number of hydrogen-bond donors (Lipinski definition) is 2. The van der Waals surface area contributed by atoms with Gasteiger partial charge in [-0.3, -0.25) is 19.3 Å². The summed E-state index contributed by atoms with van der Waals surface area (Å²) < 4.78 is 27.9. The quantitative estimate of drug-likeness (QED) is 0.705. The number of carbonyl (C=O) groups is 2. The lowest BCUT2D eigenvalue weighted by Gasteiger charge is -2.07. The van der Waals surface area contributed by atoms with Gasteiger partial charge in [-0.05, 0) is 18.2 Å². The lowest BCUT2D eigenvalue weighted by molar-refractivity contribution is -0.124. The Labute approximate surface area is 147 Å². The van der Waals surface area contributed by atoms with Crippen LogP contribution in [-0.2, 0) is 16.1 Å². The van der Waals surface area contributed by atoms with Gasteiger partial charge in [-0.25, -0.2) is 8.78 Å². The summed E-state index contributed by atoms with van der Waals surface area (Å²) in [6, 6.07) is 8.43. The smallest absolute Gasteiger partial charge is 0.235 e. The fourth-order valence-electron chi connectivity index (χ4n) is 2.29. The van der Waals surface area contributed by atoms with Crippen LogP contribution in [0, 0.1) is 11.6 Å². The normalized spacial score (nSPS) is 10.7. The summed E-state index contributed by atoms with van der Waals surface area (Å²) in [5, 5.41) is 12.8. The molecule has 0 saturated carbocycles. The van der Waals surface area contributed by atoms with E-state index in [9.17, 15) is 18.4 Å². The first kappa shape index (κ1) is 17.5. The Bertz CT molecular complexity index is 957. The Morgan fingerprint density at radius 1 is 1.04 bits per heavy atom. The number of nitrogens with one attached hydrogen (secondary N) is 2. The summed E-state index contributed by atoms with van der Waals surface area (Å²) in [7, 11) is 0. The molecule has 0 aliphatic heterocycles. The zero-order valence-electron chi connectivity index (χ0n) is 13.6. The highest BCUT2D eigenvalue weighted by Crippen LogP contribution is 2.10. The second-order valence-electron chi connectivity index (χ2n) is 5.51. The van der Waals surface area contributed by atoms with Crippen molar-refractivity contribution in [2.75, 3.05) is 5.32 Å². The predicted octanol–water partition coefficient (Wildman–Crippen LogP) is 2.04. The van der Waals surface area contributed by atoms with Crippen molar-refractivity contribution < 1.29 is 18.4 Å². The minimum absolute atomic E-state index is 0.0700. The van der Waals surface area contributed by atoms with Gasteiger partial charge in [-0.2, -0.15) is 0 Å². The van der Waals surface area contributed by atoms with E-state index in [0.717, 1.165) is 12.1 Å². The molecule has 9 heteroatoms. The van der Waals surface area contributed by atoms with Gasteiger partial charge < -0.3 is 5.32 Å². The SMILES string of the molecule is O=C(CCC(=O)Nc1nnc2ccccn12)NCc1ccc(F)cc1F.